The van der Waals surface area contributed by atoms with E-state index in [1.807, 2.05) is 49.1 Å². The molecule has 0 atom stereocenters. The zero-order chi connectivity index (χ0) is 21.3. The first-order chi connectivity index (χ1) is 14.3. The van der Waals surface area contributed by atoms with E-state index in [4.69, 9.17) is 17.3 Å². The van der Waals surface area contributed by atoms with Gasteiger partial charge in [0.05, 0.1) is 15.4 Å². The normalized spacial score (nSPS) is 17.3. The van der Waals surface area contributed by atoms with Gasteiger partial charge in [-0.05, 0) is 49.8 Å². The number of carbonyl (C=O) groups excluding carboxylic acids is 1. The number of fused-ring (bicyclic) bond motifs is 1. The summed E-state index contributed by atoms with van der Waals surface area (Å²) in [4.78, 5) is 26.8. The highest BCUT2D eigenvalue weighted by Gasteiger charge is 2.41. The molecule has 0 spiro atoms. The molecule has 1 fully saturated rings. The summed E-state index contributed by atoms with van der Waals surface area (Å²) in [6, 6.07) is 9.79. The zero-order valence-corrected chi connectivity index (χ0v) is 18.6. The summed E-state index contributed by atoms with van der Waals surface area (Å²) in [5, 5.41) is 0.830. The number of nitrogen functional groups attached to an aromatic ring is 1. The van der Waals surface area contributed by atoms with Crippen molar-refractivity contribution < 1.29 is 4.79 Å². The van der Waals surface area contributed by atoms with Gasteiger partial charge < -0.3 is 10.6 Å². The average molecular weight is 442 g/mol. The van der Waals surface area contributed by atoms with E-state index in [0.717, 1.165) is 32.2 Å². The molecule has 1 amide bonds. The molecule has 0 bridgehead atoms. The number of anilines is 1. The number of halogens is 1. The van der Waals surface area contributed by atoms with Crippen LogP contribution >= 0.6 is 22.9 Å². The third-order valence-electron chi connectivity index (χ3n) is 5.55. The van der Waals surface area contributed by atoms with Crippen LogP contribution < -0.4 is 5.73 Å². The fourth-order valence-electron chi connectivity index (χ4n) is 3.77. The summed E-state index contributed by atoms with van der Waals surface area (Å²) in [5.74, 6) is 0.596. The molecule has 0 aliphatic carbocycles. The quantitative estimate of drug-likeness (QED) is 0.646. The zero-order valence-electron chi connectivity index (χ0n) is 17.0. The SMILES string of the molecule is CC1(C)C(=O)N(Cc2ccc3c(N)ncnc3c2)CCN1C/C=C/c1ccc(Cl)s1. The number of carbonyl (C=O) groups is 1. The molecule has 8 heteroatoms. The van der Waals surface area contributed by atoms with Gasteiger partial charge in [-0.3, -0.25) is 9.69 Å². The predicted molar refractivity (Wildman–Crippen MR) is 123 cm³/mol. The summed E-state index contributed by atoms with van der Waals surface area (Å²) in [7, 11) is 0. The van der Waals surface area contributed by atoms with Crippen LogP contribution in [0.2, 0.25) is 4.34 Å². The van der Waals surface area contributed by atoms with Gasteiger partial charge in [-0.25, -0.2) is 9.97 Å². The van der Waals surface area contributed by atoms with Gasteiger partial charge >= 0.3 is 0 Å². The summed E-state index contributed by atoms with van der Waals surface area (Å²) in [6.07, 6.45) is 5.62. The van der Waals surface area contributed by atoms with E-state index in [1.165, 1.54) is 6.33 Å². The molecule has 156 valence electrons. The first-order valence-corrected chi connectivity index (χ1v) is 11.0. The maximum atomic E-state index is 13.2. The number of amides is 1. The highest BCUT2D eigenvalue weighted by molar-refractivity contribution is 7.16. The third-order valence-corrected chi connectivity index (χ3v) is 6.74. The number of rotatable bonds is 5. The molecule has 3 aromatic rings. The molecule has 4 rings (SSSR count). The van der Waals surface area contributed by atoms with Crippen molar-refractivity contribution in [2.24, 2.45) is 0 Å². The van der Waals surface area contributed by atoms with Crippen molar-refractivity contribution in [1.82, 2.24) is 19.8 Å². The minimum atomic E-state index is -0.570. The van der Waals surface area contributed by atoms with E-state index < -0.39 is 5.54 Å². The number of thiophene rings is 1. The summed E-state index contributed by atoms with van der Waals surface area (Å²) >= 11 is 7.53. The number of benzene rings is 1. The van der Waals surface area contributed by atoms with Crippen molar-refractivity contribution in [2.45, 2.75) is 25.9 Å². The number of nitrogens with zero attached hydrogens (tertiary/aromatic N) is 4. The van der Waals surface area contributed by atoms with Gasteiger partial charge in [0.1, 0.15) is 12.1 Å². The Hall–Kier alpha value is -2.48. The van der Waals surface area contributed by atoms with Crippen LogP contribution in [0.25, 0.3) is 17.0 Å². The van der Waals surface area contributed by atoms with E-state index in [2.05, 4.69) is 27.0 Å². The topological polar surface area (TPSA) is 75.3 Å². The van der Waals surface area contributed by atoms with Crippen LogP contribution in [-0.2, 0) is 11.3 Å². The average Bonchev–Trinajstić information content (AvgIpc) is 3.13. The Labute approximate surface area is 185 Å². The molecular formula is C22H24ClN5OS. The first-order valence-electron chi connectivity index (χ1n) is 9.80. The highest BCUT2D eigenvalue weighted by Crippen LogP contribution is 2.26. The lowest BCUT2D eigenvalue weighted by Gasteiger charge is -2.45. The van der Waals surface area contributed by atoms with Crippen LogP contribution in [-0.4, -0.2) is 50.8 Å². The molecule has 0 unspecified atom stereocenters. The molecule has 30 heavy (non-hydrogen) atoms. The van der Waals surface area contributed by atoms with Crippen LogP contribution in [0.1, 0.15) is 24.3 Å². The van der Waals surface area contributed by atoms with E-state index in [9.17, 15) is 4.79 Å². The Kier molecular flexibility index (Phi) is 5.77. The smallest absolute Gasteiger partial charge is 0.242 e. The highest BCUT2D eigenvalue weighted by atomic mass is 35.5. The van der Waals surface area contributed by atoms with Crippen LogP contribution in [0.3, 0.4) is 0 Å². The van der Waals surface area contributed by atoms with Crippen LogP contribution in [0.5, 0.6) is 0 Å². The summed E-state index contributed by atoms with van der Waals surface area (Å²) < 4.78 is 0.779. The van der Waals surface area contributed by atoms with Crippen molar-refractivity contribution in [3.8, 4) is 0 Å². The molecule has 1 aliphatic rings. The van der Waals surface area contributed by atoms with Crippen LogP contribution in [0.4, 0.5) is 5.82 Å². The molecule has 2 N–H and O–H groups in total. The monoisotopic (exact) mass is 441 g/mol. The Morgan fingerprint density at radius 3 is 2.83 bits per heavy atom. The second-order valence-electron chi connectivity index (χ2n) is 7.89. The molecule has 1 aromatic carbocycles. The molecule has 3 heterocycles. The summed E-state index contributed by atoms with van der Waals surface area (Å²) in [6.45, 7) is 6.76. The minimum Gasteiger partial charge on any atom is -0.383 e. The van der Waals surface area contributed by atoms with E-state index in [-0.39, 0.29) is 5.91 Å². The number of piperazine rings is 1. The standard InChI is InChI=1S/C22H24ClN5OS/c1-22(2)21(29)27(10-11-28(22)9-3-4-16-6-8-19(23)30-16)13-15-5-7-17-18(12-15)25-14-26-20(17)24/h3-8,12,14H,9-11,13H2,1-2H3,(H2,24,25,26)/b4-3+. The second kappa shape index (κ2) is 8.34. The van der Waals surface area contributed by atoms with Crippen molar-refractivity contribution in [2.75, 3.05) is 25.4 Å². The third kappa shape index (κ3) is 4.19. The number of hydrogen-bond donors (Lipinski definition) is 1. The summed E-state index contributed by atoms with van der Waals surface area (Å²) in [5.41, 5.74) is 7.17. The minimum absolute atomic E-state index is 0.128. The van der Waals surface area contributed by atoms with Gasteiger partial charge in [-0.1, -0.05) is 23.7 Å². The van der Waals surface area contributed by atoms with E-state index in [0.29, 0.717) is 25.5 Å². The number of aromatic nitrogens is 2. The molecule has 1 aliphatic heterocycles. The van der Waals surface area contributed by atoms with Gasteiger partial charge in [0.25, 0.3) is 0 Å². The maximum Gasteiger partial charge on any atom is 0.242 e. The molecule has 0 saturated carbocycles. The van der Waals surface area contributed by atoms with Crippen molar-refractivity contribution in [3.63, 3.8) is 0 Å². The van der Waals surface area contributed by atoms with Crippen molar-refractivity contribution >= 4 is 51.6 Å². The molecule has 1 saturated heterocycles. The Balaban J connectivity index is 1.44. The van der Waals surface area contributed by atoms with Crippen LogP contribution in [0.15, 0.2) is 42.7 Å². The Morgan fingerprint density at radius 1 is 1.23 bits per heavy atom. The second-order valence-corrected chi connectivity index (χ2v) is 9.63. The predicted octanol–water partition coefficient (Wildman–Crippen LogP) is 4.06. The van der Waals surface area contributed by atoms with Gasteiger partial charge in [-0.15, -0.1) is 11.3 Å². The van der Waals surface area contributed by atoms with E-state index >= 15 is 0 Å². The molecular weight excluding hydrogens is 418 g/mol. The Morgan fingerprint density at radius 2 is 2.07 bits per heavy atom. The first kappa shape index (κ1) is 20.8. The fourth-order valence-corrected chi connectivity index (χ4v) is 4.76. The maximum absolute atomic E-state index is 13.2. The fraction of sp³-hybridized carbons (Fsp3) is 0.318. The number of nitrogens with two attached hydrogens (primary N) is 1. The van der Waals surface area contributed by atoms with Crippen molar-refractivity contribution in [3.05, 3.63) is 57.5 Å². The van der Waals surface area contributed by atoms with E-state index in [1.54, 1.807) is 11.3 Å². The number of hydrogen-bond acceptors (Lipinski definition) is 6. The van der Waals surface area contributed by atoms with Gasteiger partial charge in [0, 0.05) is 36.4 Å². The largest absolute Gasteiger partial charge is 0.383 e. The van der Waals surface area contributed by atoms with Gasteiger partial charge in [-0.2, -0.15) is 0 Å². The molecule has 6 nitrogen and oxygen atoms in total. The lowest BCUT2D eigenvalue weighted by Crippen LogP contribution is -2.62. The Bertz CT molecular complexity index is 1110. The van der Waals surface area contributed by atoms with Crippen LogP contribution in [0, 0.1) is 0 Å². The van der Waals surface area contributed by atoms with Gasteiger partial charge in [0.15, 0.2) is 0 Å². The lowest BCUT2D eigenvalue weighted by atomic mass is 9.96. The molecule has 2 aromatic heterocycles. The van der Waals surface area contributed by atoms with Gasteiger partial charge in [0.2, 0.25) is 5.91 Å². The lowest BCUT2D eigenvalue weighted by molar-refractivity contribution is -0.149. The molecule has 0 radical (unpaired) electrons. The van der Waals surface area contributed by atoms with Crippen molar-refractivity contribution in [1.29, 1.82) is 0 Å².